The van der Waals surface area contributed by atoms with Gasteiger partial charge in [0.25, 0.3) is 0 Å². The van der Waals surface area contributed by atoms with Crippen LogP contribution in [0.15, 0.2) is 28.9 Å². The smallest absolute Gasteiger partial charge is 0.0958 e. The molecule has 1 unspecified atom stereocenters. The SMILES string of the molecule is CC1NC=C2c3[nH]c4ccc(Br)cc4c3CCN21. The highest BCUT2D eigenvalue weighted by Gasteiger charge is 2.30. The number of aromatic amines is 1. The molecule has 2 aromatic rings. The zero-order chi connectivity index (χ0) is 12.3. The number of nitrogens with one attached hydrogen (secondary N) is 2. The summed E-state index contributed by atoms with van der Waals surface area (Å²) in [5.41, 5.74) is 5.26. The number of fused-ring (bicyclic) bond motifs is 5. The van der Waals surface area contributed by atoms with Crippen molar-refractivity contribution in [2.75, 3.05) is 6.54 Å². The molecule has 0 amide bonds. The fourth-order valence-corrected chi connectivity index (χ4v) is 3.40. The maximum absolute atomic E-state index is 3.56. The van der Waals surface area contributed by atoms with Gasteiger partial charge in [0.1, 0.15) is 0 Å². The average Bonchev–Trinajstić information content (AvgIpc) is 2.90. The number of aromatic nitrogens is 1. The van der Waals surface area contributed by atoms with Crippen molar-refractivity contribution in [2.45, 2.75) is 19.5 Å². The highest BCUT2D eigenvalue weighted by molar-refractivity contribution is 9.10. The predicted molar refractivity (Wildman–Crippen MR) is 77.0 cm³/mol. The van der Waals surface area contributed by atoms with Crippen molar-refractivity contribution in [1.29, 1.82) is 0 Å². The Labute approximate surface area is 114 Å². The summed E-state index contributed by atoms with van der Waals surface area (Å²) >= 11 is 3.56. The molecule has 2 aliphatic rings. The normalized spacial score (nSPS) is 21.6. The molecule has 3 nitrogen and oxygen atoms in total. The quantitative estimate of drug-likeness (QED) is 0.784. The van der Waals surface area contributed by atoms with Crippen LogP contribution in [-0.4, -0.2) is 22.6 Å². The summed E-state index contributed by atoms with van der Waals surface area (Å²) in [6, 6.07) is 6.45. The van der Waals surface area contributed by atoms with E-state index in [0.29, 0.717) is 6.17 Å². The van der Waals surface area contributed by atoms with Crippen molar-refractivity contribution in [3.05, 3.63) is 40.1 Å². The molecule has 0 saturated carbocycles. The van der Waals surface area contributed by atoms with Crippen LogP contribution in [0.3, 0.4) is 0 Å². The first-order valence-corrected chi connectivity index (χ1v) is 7.06. The Morgan fingerprint density at radius 1 is 1.39 bits per heavy atom. The minimum absolute atomic E-state index is 0.409. The molecular formula is C14H14BrN3. The standard InChI is InChI=1S/C14H14BrN3/c1-8-16-7-13-14-10(4-5-18(8)13)11-6-9(15)2-3-12(11)17-14/h2-3,6-8,16-17H,4-5H2,1H3. The van der Waals surface area contributed by atoms with Gasteiger partial charge in [0.15, 0.2) is 0 Å². The van der Waals surface area contributed by atoms with Crippen LogP contribution >= 0.6 is 15.9 Å². The maximum atomic E-state index is 3.56. The Kier molecular flexibility index (Phi) is 2.07. The van der Waals surface area contributed by atoms with E-state index < -0.39 is 0 Å². The highest BCUT2D eigenvalue weighted by atomic mass is 79.9. The summed E-state index contributed by atoms with van der Waals surface area (Å²) in [4.78, 5) is 5.99. The van der Waals surface area contributed by atoms with Crippen LogP contribution < -0.4 is 5.32 Å². The summed E-state index contributed by atoms with van der Waals surface area (Å²) in [5, 5.41) is 4.74. The molecule has 0 radical (unpaired) electrons. The lowest BCUT2D eigenvalue weighted by molar-refractivity contribution is 0.308. The second-order valence-electron chi connectivity index (χ2n) is 4.98. The van der Waals surface area contributed by atoms with E-state index >= 15 is 0 Å². The van der Waals surface area contributed by atoms with Gasteiger partial charge in [0.2, 0.25) is 0 Å². The van der Waals surface area contributed by atoms with Gasteiger partial charge in [0.05, 0.1) is 17.6 Å². The van der Waals surface area contributed by atoms with Gasteiger partial charge in [0, 0.05) is 28.1 Å². The summed E-state index contributed by atoms with van der Waals surface area (Å²) < 4.78 is 1.14. The van der Waals surface area contributed by atoms with Crippen LogP contribution in [0.5, 0.6) is 0 Å². The third kappa shape index (κ3) is 1.29. The van der Waals surface area contributed by atoms with Gasteiger partial charge in [-0.15, -0.1) is 0 Å². The van der Waals surface area contributed by atoms with Crippen molar-refractivity contribution in [3.8, 4) is 0 Å². The van der Waals surface area contributed by atoms with Crippen molar-refractivity contribution in [1.82, 2.24) is 15.2 Å². The molecule has 0 fully saturated rings. The summed E-state index contributed by atoms with van der Waals surface area (Å²) in [6.45, 7) is 3.29. The van der Waals surface area contributed by atoms with E-state index in [9.17, 15) is 0 Å². The topological polar surface area (TPSA) is 31.1 Å². The monoisotopic (exact) mass is 303 g/mol. The molecule has 0 spiro atoms. The van der Waals surface area contributed by atoms with Crippen LogP contribution in [-0.2, 0) is 6.42 Å². The van der Waals surface area contributed by atoms with E-state index in [4.69, 9.17) is 0 Å². The van der Waals surface area contributed by atoms with Crippen LogP contribution in [0.4, 0.5) is 0 Å². The Morgan fingerprint density at radius 2 is 2.28 bits per heavy atom. The molecule has 4 heteroatoms. The highest BCUT2D eigenvalue weighted by Crippen LogP contribution is 2.36. The first-order chi connectivity index (χ1) is 8.74. The van der Waals surface area contributed by atoms with Gasteiger partial charge >= 0.3 is 0 Å². The Hall–Kier alpha value is -1.42. The Balaban J connectivity index is 1.97. The van der Waals surface area contributed by atoms with E-state index in [-0.39, 0.29) is 0 Å². The molecule has 2 N–H and O–H groups in total. The molecule has 92 valence electrons. The molecule has 1 aromatic heterocycles. The predicted octanol–water partition coefficient (Wildman–Crippen LogP) is 3.04. The molecule has 3 heterocycles. The molecule has 4 rings (SSSR count). The van der Waals surface area contributed by atoms with Crippen molar-refractivity contribution >= 4 is 32.5 Å². The van der Waals surface area contributed by atoms with Crippen LogP contribution in [0.1, 0.15) is 18.2 Å². The zero-order valence-corrected chi connectivity index (χ0v) is 11.7. The average molecular weight is 304 g/mol. The third-order valence-corrected chi connectivity index (χ3v) is 4.46. The second kappa shape index (κ2) is 3.54. The van der Waals surface area contributed by atoms with Crippen molar-refractivity contribution < 1.29 is 0 Å². The zero-order valence-electron chi connectivity index (χ0n) is 10.1. The van der Waals surface area contributed by atoms with Gasteiger partial charge in [-0.1, -0.05) is 15.9 Å². The molecule has 0 aliphatic carbocycles. The molecule has 0 bridgehead atoms. The molecule has 1 atom stereocenters. The molecule has 2 aliphatic heterocycles. The lowest BCUT2D eigenvalue weighted by Gasteiger charge is -2.30. The first-order valence-electron chi connectivity index (χ1n) is 6.27. The molecular weight excluding hydrogens is 290 g/mol. The van der Waals surface area contributed by atoms with E-state index in [1.807, 2.05) is 0 Å². The lowest BCUT2D eigenvalue weighted by atomic mass is 10.0. The largest absolute Gasteiger partial charge is 0.370 e. The number of halogens is 1. The van der Waals surface area contributed by atoms with E-state index in [1.165, 1.54) is 27.9 Å². The first kappa shape index (κ1) is 10.5. The van der Waals surface area contributed by atoms with E-state index in [1.54, 1.807) is 0 Å². The van der Waals surface area contributed by atoms with E-state index in [0.717, 1.165) is 17.4 Å². The third-order valence-electron chi connectivity index (χ3n) is 3.97. The van der Waals surface area contributed by atoms with Gasteiger partial charge in [-0.25, -0.2) is 0 Å². The van der Waals surface area contributed by atoms with Crippen LogP contribution in [0, 0.1) is 0 Å². The molecule has 0 saturated heterocycles. The van der Waals surface area contributed by atoms with Crippen molar-refractivity contribution in [3.63, 3.8) is 0 Å². The van der Waals surface area contributed by atoms with Gasteiger partial charge in [-0.05, 0) is 37.1 Å². The van der Waals surface area contributed by atoms with Crippen LogP contribution in [0.2, 0.25) is 0 Å². The molecule has 1 aromatic carbocycles. The van der Waals surface area contributed by atoms with Gasteiger partial charge in [-0.2, -0.15) is 0 Å². The van der Waals surface area contributed by atoms with Crippen molar-refractivity contribution in [2.24, 2.45) is 0 Å². The van der Waals surface area contributed by atoms with Crippen LogP contribution in [0.25, 0.3) is 16.6 Å². The Morgan fingerprint density at radius 3 is 3.17 bits per heavy atom. The number of hydrogen-bond acceptors (Lipinski definition) is 2. The lowest BCUT2D eigenvalue weighted by Crippen LogP contribution is -2.37. The summed E-state index contributed by atoms with van der Waals surface area (Å²) in [6.07, 6.45) is 3.65. The number of H-pyrrole nitrogens is 1. The number of nitrogens with zero attached hydrogens (tertiary/aromatic N) is 1. The van der Waals surface area contributed by atoms with E-state index in [2.05, 4.69) is 62.5 Å². The second-order valence-corrected chi connectivity index (χ2v) is 5.90. The summed E-state index contributed by atoms with van der Waals surface area (Å²) in [5.74, 6) is 0. The molecule has 18 heavy (non-hydrogen) atoms. The number of benzene rings is 1. The minimum Gasteiger partial charge on any atom is -0.370 e. The number of hydrogen-bond donors (Lipinski definition) is 2. The number of rotatable bonds is 0. The Bertz CT molecular complexity index is 671. The fourth-order valence-electron chi connectivity index (χ4n) is 3.04. The minimum atomic E-state index is 0.409. The van der Waals surface area contributed by atoms with Gasteiger partial charge < -0.3 is 15.2 Å². The maximum Gasteiger partial charge on any atom is 0.0958 e. The fraction of sp³-hybridized carbons (Fsp3) is 0.286. The summed E-state index contributed by atoms with van der Waals surface area (Å²) in [7, 11) is 0. The van der Waals surface area contributed by atoms with Gasteiger partial charge in [-0.3, -0.25) is 0 Å².